The molecule has 0 bridgehead atoms. The highest BCUT2D eigenvalue weighted by atomic mass is 32.1. The predicted octanol–water partition coefficient (Wildman–Crippen LogP) is -1.41. The van der Waals surface area contributed by atoms with Gasteiger partial charge in [0.15, 0.2) is 5.11 Å². The van der Waals surface area contributed by atoms with Crippen molar-refractivity contribution in [2.24, 2.45) is 11.6 Å². The Kier molecular flexibility index (Phi) is 4.47. The standard InChI is InChI=1S/C5H12N4OS/c1-2-3(4(6)10)8-5(11)9-7/h3H,2,7H2,1H3,(H2,6,10)(H2,8,9,11). The van der Waals surface area contributed by atoms with Crippen LogP contribution in [0.25, 0.3) is 0 Å². The van der Waals surface area contributed by atoms with Gasteiger partial charge in [0.1, 0.15) is 6.04 Å². The van der Waals surface area contributed by atoms with Gasteiger partial charge in [0.2, 0.25) is 5.91 Å². The number of nitrogens with one attached hydrogen (secondary N) is 2. The van der Waals surface area contributed by atoms with E-state index in [1.165, 1.54) is 0 Å². The van der Waals surface area contributed by atoms with E-state index in [9.17, 15) is 4.79 Å². The number of carbonyl (C=O) groups is 1. The number of hydrazine groups is 1. The average Bonchev–Trinajstić information content (AvgIpc) is 1.99. The van der Waals surface area contributed by atoms with E-state index in [0.29, 0.717) is 6.42 Å². The van der Waals surface area contributed by atoms with Crippen LogP contribution in [0, 0.1) is 0 Å². The summed E-state index contributed by atoms with van der Waals surface area (Å²) in [5, 5.41) is 2.85. The van der Waals surface area contributed by atoms with Crippen molar-refractivity contribution in [1.82, 2.24) is 10.7 Å². The number of nitrogens with two attached hydrogens (primary N) is 2. The molecule has 0 aromatic carbocycles. The van der Waals surface area contributed by atoms with E-state index in [1.807, 2.05) is 6.92 Å². The van der Waals surface area contributed by atoms with Crippen molar-refractivity contribution in [3.8, 4) is 0 Å². The summed E-state index contributed by atoms with van der Waals surface area (Å²) in [5.41, 5.74) is 7.22. The maximum Gasteiger partial charge on any atom is 0.239 e. The third-order valence-corrected chi connectivity index (χ3v) is 1.42. The van der Waals surface area contributed by atoms with E-state index in [0.717, 1.165) is 0 Å². The van der Waals surface area contributed by atoms with Crippen molar-refractivity contribution in [2.45, 2.75) is 19.4 Å². The number of amides is 1. The van der Waals surface area contributed by atoms with E-state index in [-0.39, 0.29) is 5.11 Å². The minimum atomic E-state index is -0.446. The Balaban J connectivity index is 3.88. The quantitative estimate of drug-likeness (QED) is 0.241. The minimum Gasteiger partial charge on any atom is -0.368 e. The predicted molar refractivity (Wildman–Crippen MR) is 46.3 cm³/mol. The first-order valence-corrected chi connectivity index (χ1v) is 3.59. The van der Waals surface area contributed by atoms with E-state index >= 15 is 0 Å². The molecule has 0 radical (unpaired) electrons. The molecule has 1 atom stereocenters. The number of thiocarbonyl (C=S) groups is 1. The van der Waals surface area contributed by atoms with Gasteiger partial charge in [0, 0.05) is 0 Å². The number of carbonyl (C=O) groups excluding carboxylic acids is 1. The Morgan fingerprint density at radius 1 is 1.73 bits per heavy atom. The van der Waals surface area contributed by atoms with Gasteiger partial charge < -0.3 is 16.5 Å². The van der Waals surface area contributed by atoms with E-state index in [1.54, 1.807) is 0 Å². The molecule has 0 rings (SSSR count). The molecule has 0 aliphatic rings. The Morgan fingerprint density at radius 3 is 2.55 bits per heavy atom. The molecular weight excluding hydrogens is 164 g/mol. The molecule has 64 valence electrons. The van der Waals surface area contributed by atoms with Crippen LogP contribution in [-0.4, -0.2) is 17.1 Å². The first-order valence-electron chi connectivity index (χ1n) is 3.18. The van der Waals surface area contributed by atoms with Gasteiger partial charge in [-0.3, -0.25) is 4.79 Å². The summed E-state index contributed by atoms with van der Waals surface area (Å²) in [4.78, 5) is 10.6. The van der Waals surface area contributed by atoms with E-state index < -0.39 is 11.9 Å². The lowest BCUT2D eigenvalue weighted by molar-refractivity contribution is -0.119. The van der Waals surface area contributed by atoms with Crippen molar-refractivity contribution < 1.29 is 4.79 Å². The zero-order valence-corrected chi connectivity index (χ0v) is 7.07. The lowest BCUT2D eigenvalue weighted by Crippen LogP contribution is -2.49. The number of rotatable bonds is 3. The molecule has 0 spiro atoms. The van der Waals surface area contributed by atoms with Crippen LogP contribution in [0.5, 0.6) is 0 Å². The van der Waals surface area contributed by atoms with Crippen molar-refractivity contribution >= 4 is 23.2 Å². The molecule has 0 aromatic heterocycles. The monoisotopic (exact) mass is 176 g/mol. The maximum absolute atomic E-state index is 10.6. The Labute approximate surface area is 70.5 Å². The van der Waals surface area contributed by atoms with Gasteiger partial charge in [-0.05, 0) is 18.6 Å². The minimum absolute atomic E-state index is 0.218. The molecule has 6 N–H and O–H groups in total. The molecule has 1 amide bonds. The number of primary amides is 1. The zero-order chi connectivity index (χ0) is 8.85. The van der Waals surface area contributed by atoms with Crippen LogP contribution >= 0.6 is 12.2 Å². The molecule has 0 aliphatic heterocycles. The summed E-state index contributed by atoms with van der Waals surface area (Å²) in [7, 11) is 0. The van der Waals surface area contributed by atoms with Crippen molar-refractivity contribution in [3.63, 3.8) is 0 Å². The maximum atomic E-state index is 10.6. The highest BCUT2D eigenvalue weighted by Gasteiger charge is 2.12. The Hall–Kier alpha value is -0.880. The highest BCUT2D eigenvalue weighted by molar-refractivity contribution is 7.80. The van der Waals surface area contributed by atoms with Crippen molar-refractivity contribution in [1.29, 1.82) is 0 Å². The second-order valence-corrected chi connectivity index (χ2v) is 2.39. The fourth-order valence-electron chi connectivity index (χ4n) is 0.574. The molecule has 6 heteroatoms. The smallest absolute Gasteiger partial charge is 0.239 e. The van der Waals surface area contributed by atoms with Crippen LogP contribution in [0.2, 0.25) is 0 Å². The van der Waals surface area contributed by atoms with Crippen LogP contribution in [0.3, 0.4) is 0 Å². The molecule has 0 aliphatic carbocycles. The van der Waals surface area contributed by atoms with E-state index in [4.69, 9.17) is 11.6 Å². The van der Waals surface area contributed by atoms with Gasteiger partial charge in [0.05, 0.1) is 0 Å². The van der Waals surface area contributed by atoms with Gasteiger partial charge in [-0.25, -0.2) is 5.84 Å². The third-order valence-electron chi connectivity index (χ3n) is 1.19. The third kappa shape index (κ3) is 3.74. The lowest BCUT2D eigenvalue weighted by Gasteiger charge is -2.13. The zero-order valence-electron chi connectivity index (χ0n) is 6.26. The van der Waals surface area contributed by atoms with Gasteiger partial charge in [-0.1, -0.05) is 6.92 Å². The number of hydrogen-bond acceptors (Lipinski definition) is 3. The lowest BCUT2D eigenvalue weighted by atomic mass is 10.2. The summed E-state index contributed by atoms with van der Waals surface area (Å²) >= 11 is 4.66. The summed E-state index contributed by atoms with van der Waals surface area (Å²) in [6.45, 7) is 1.82. The highest BCUT2D eigenvalue weighted by Crippen LogP contribution is 1.87. The topological polar surface area (TPSA) is 93.2 Å². The van der Waals surface area contributed by atoms with Crippen LogP contribution in [0.4, 0.5) is 0 Å². The number of hydrogen-bond donors (Lipinski definition) is 4. The second-order valence-electron chi connectivity index (χ2n) is 1.98. The average molecular weight is 176 g/mol. The molecular formula is C5H12N4OS. The van der Waals surface area contributed by atoms with Crippen molar-refractivity contribution in [2.75, 3.05) is 0 Å². The Bertz CT molecular complexity index is 161. The molecule has 0 fully saturated rings. The van der Waals surface area contributed by atoms with Gasteiger partial charge >= 0.3 is 0 Å². The van der Waals surface area contributed by atoms with Crippen LogP contribution in [-0.2, 0) is 4.79 Å². The van der Waals surface area contributed by atoms with E-state index in [2.05, 4.69) is 23.0 Å². The SMILES string of the molecule is CCC(NC(=S)NN)C(N)=O. The fraction of sp³-hybridized carbons (Fsp3) is 0.600. The fourth-order valence-corrected chi connectivity index (χ4v) is 0.717. The molecule has 5 nitrogen and oxygen atoms in total. The summed E-state index contributed by atoms with van der Waals surface area (Å²) in [6.07, 6.45) is 0.581. The van der Waals surface area contributed by atoms with Gasteiger partial charge in [-0.2, -0.15) is 0 Å². The van der Waals surface area contributed by atoms with Crippen molar-refractivity contribution in [3.05, 3.63) is 0 Å². The first-order chi connectivity index (χ1) is 5.11. The van der Waals surface area contributed by atoms with Crippen LogP contribution in [0.1, 0.15) is 13.3 Å². The normalized spacial score (nSPS) is 11.8. The summed E-state index contributed by atoms with van der Waals surface area (Å²) in [6, 6.07) is -0.446. The largest absolute Gasteiger partial charge is 0.368 e. The molecule has 1 unspecified atom stereocenters. The summed E-state index contributed by atoms with van der Waals surface area (Å²) in [5.74, 6) is 4.53. The van der Waals surface area contributed by atoms with Gasteiger partial charge in [0.25, 0.3) is 0 Å². The molecule has 0 saturated heterocycles. The van der Waals surface area contributed by atoms with Crippen LogP contribution in [0.15, 0.2) is 0 Å². The summed E-state index contributed by atoms with van der Waals surface area (Å²) < 4.78 is 0. The van der Waals surface area contributed by atoms with Crippen LogP contribution < -0.4 is 22.3 Å². The molecule has 11 heavy (non-hydrogen) atoms. The first kappa shape index (κ1) is 10.1. The van der Waals surface area contributed by atoms with Gasteiger partial charge in [-0.15, -0.1) is 0 Å². The molecule has 0 saturated carbocycles. The molecule has 0 aromatic rings. The second kappa shape index (κ2) is 4.86. The Morgan fingerprint density at radius 2 is 2.27 bits per heavy atom. The molecule has 0 heterocycles.